The summed E-state index contributed by atoms with van der Waals surface area (Å²) in [6.07, 6.45) is 0. The fraction of sp³-hybridized carbons (Fsp3) is 0. The van der Waals surface area contributed by atoms with Crippen molar-refractivity contribution >= 4 is 49.4 Å². The average molecular weight is 776 g/mol. The van der Waals surface area contributed by atoms with Crippen LogP contribution >= 0.6 is 0 Å². The summed E-state index contributed by atoms with van der Waals surface area (Å²) >= 11 is 0. The zero-order valence-electron chi connectivity index (χ0n) is 33.6. The van der Waals surface area contributed by atoms with Crippen LogP contribution in [0.3, 0.4) is 0 Å². The van der Waals surface area contributed by atoms with Gasteiger partial charge in [-0.3, -0.25) is 0 Å². The SMILES string of the molecule is c1ccc(-c2cccc(N(c3ccc(-c4ccccc4)cc3-c3ccccc3)c3ccc(-c4cccc5ccc6ccc7ccccc7c6c45)cc3-c3ccccc3)c2)cc1. The van der Waals surface area contributed by atoms with E-state index in [1.165, 1.54) is 60.1 Å². The molecule has 0 atom stereocenters. The van der Waals surface area contributed by atoms with E-state index in [9.17, 15) is 0 Å². The van der Waals surface area contributed by atoms with Gasteiger partial charge in [0.2, 0.25) is 0 Å². The van der Waals surface area contributed by atoms with E-state index in [4.69, 9.17) is 0 Å². The number of rotatable bonds is 8. The first-order valence-electron chi connectivity index (χ1n) is 21.0. The van der Waals surface area contributed by atoms with Crippen molar-refractivity contribution in [1.82, 2.24) is 0 Å². The molecule has 1 nitrogen and oxygen atoms in total. The monoisotopic (exact) mass is 775 g/mol. The summed E-state index contributed by atoms with van der Waals surface area (Å²) in [5, 5.41) is 7.57. The van der Waals surface area contributed by atoms with Crippen LogP contribution in [-0.2, 0) is 0 Å². The summed E-state index contributed by atoms with van der Waals surface area (Å²) in [5.41, 5.74) is 15.0. The number of hydrogen-bond acceptors (Lipinski definition) is 1. The number of benzene rings is 11. The van der Waals surface area contributed by atoms with E-state index in [1.807, 2.05) is 0 Å². The fourth-order valence-electron chi connectivity index (χ4n) is 9.12. The maximum Gasteiger partial charge on any atom is 0.0540 e. The molecule has 0 unspecified atom stereocenters. The molecule has 0 aromatic heterocycles. The highest BCUT2D eigenvalue weighted by Crippen LogP contribution is 2.48. The summed E-state index contributed by atoms with van der Waals surface area (Å²) in [6, 6.07) is 90.6. The van der Waals surface area contributed by atoms with Crippen LogP contribution in [0.4, 0.5) is 17.1 Å². The van der Waals surface area contributed by atoms with Gasteiger partial charge in [-0.25, -0.2) is 0 Å². The summed E-state index contributed by atoms with van der Waals surface area (Å²) < 4.78 is 0. The molecule has 11 aromatic rings. The number of nitrogens with zero attached hydrogens (tertiary/aromatic N) is 1. The minimum absolute atomic E-state index is 1.08. The molecule has 11 rings (SSSR count). The first-order valence-corrected chi connectivity index (χ1v) is 21.0. The van der Waals surface area contributed by atoms with Gasteiger partial charge < -0.3 is 4.90 Å². The van der Waals surface area contributed by atoms with Crippen LogP contribution in [0.1, 0.15) is 0 Å². The number of fused-ring (bicyclic) bond motifs is 5. The molecule has 0 spiro atoms. The van der Waals surface area contributed by atoms with Crippen LogP contribution in [0.15, 0.2) is 249 Å². The van der Waals surface area contributed by atoms with Gasteiger partial charge in [-0.15, -0.1) is 0 Å². The molecule has 0 amide bonds. The van der Waals surface area contributed by atoms with E-state index in [-0.39, 0.29) is 0 Å². The lowest BCUT2D eigenvalue weighted by molar-refractivity contribution is 1.28. The average Bonchev–Trinajstić information content (AvgIpc) is 3.35. The van der Waals surface area contributed by atoms with Gasteiger partial charge >= 0.3 is 0 Å². The molecule has 0 heterocycles. The molecule has 0 saturated heterocycles. The smallest absolute Gasteiger partial charge is 0.0540 e. The minimum Gasteiger partial charge on any atom is -0.309 e. The molecule has 0 radical (unpaired) electrons. The highest BCUT2D eigenvalue weighted by Gasteiger charge is 2.23. The summed E-state index contributed by atoms with van der Waals surface area (Å²) in [5.74, 6) is 0. The van der Waals surface area contributed by atoms with Crippen molar-refractivity contribution in [3.63, 3.8) is 0 Å². The lowest BCUT2D eigenvalue weighted by Crippen LogP contribution is -2.13. The van der Waals surface area contributed by atoms with Gasteiger partial charge in [-0.05, 0) is 113 Å². The molecule has 0 N–H and O–H groups in total. The second-order valence-corrected chi connectivity index (χ2v) is 15.7. The van der Waals surface area contributed by atoms with Crippen molar-refractivity contribution < 1.29 is 0 Å². The van der Waals surface area contributed by atoms with E-state index < -0.39 is 0 Å². The fourth-order valence-corrected chi connectivity index (χ4v) is 9.12. The van der Waals surface area contributed by atoms with Crippen LogP contribution in [0.5, 0.6) is 0 Å². The third-order valence-corrected chi connectivity index (χ3v) is 12.0. The maximum absolute atomic E-state index is 2.47. The normalized spacial score (nSPS) is 11.3. The first kappa shape index (κ1) is 36.1. The molecule has 286 valence electrons. The Balaban J connectivity index is 1.19. The Kier molecular flexibility index (Phi) is 9.26. The summed E-state index contributed by atoms with van der Waals surface area (Å²) in [7, 11) is 0. The molecule has 0 aliphatic carbocycles. The molecular formula is C60H41N. The van der Waals surface area contributed by atoms with Gasteiger partial charge in [-0.2, -0.15) is 0 Å². The van der Waals surface area contributed by atoms with E-state index in [1.54, 1.807) is 0 Å². The number of anilines is 3. The van der Waals surface area contributed by atoms with Gasteiger partial charge in [0.1, 0.15) is 0 Å². The summed E-state index contributed by atoms with van der Waals surface area (Å²) in [6.45, 7) is 0. The van der Waals surface area contributed by atoms with E-state index in [2.05, 4.69) is 254 Å². The van der Waals surface area contributed by atoms with Crippen LogP contribution in [0.25, 0.3) is 88.0 Å². The van der Waals surface area contributed by atoms with Crippen molar-refractivity contribution in [1.29, 1.82) is 0 Å². The molecular weight excluding hydrogens is 735 g/mol. The zero-order valence-corrected chi connectivity index (χ0v) is 33.6. The number of hydrogen-bond donors (Lipinski definition) is 0. The lowest BCUT2D eigenvalue weighted by atomic mass is 9.89. The Morgan fingerprint density at radius 3 is 1.30 bits per heavy atom. The topological polar surface area (TPSA) is 3.24 Å². The second kappa shape index (κ2) is 15.6. The van der Waals surface area contributed by atoms with Crippen molar-refractivity contribution in [3.8, 4) is 55.6 Å². The van der Waals surface area contributed by atoms with Crippen molar-refractivity contribution in [2.24, 2.45) is 0 Å². The van der Waals surface area contributed by atoms with Crippen molar-refractivity contribution in [3.05, 3.63) is 249 Å². The van der Waals surface area contributed by atoms with Crippen LogP contribution in [0.2, 0.25) is 0 Å². The van der Waals surface area contributed by atoms with Gasteiger partial charge in [0.25, 0.3) is 0 Å². The predicted molar refractivity (Wildman–Crippen MR) is 261 cm³/mol. The first-order chi connectivity index (χ1) is 30.3. The minimum atomic E-state index is 1.08. The maximum atomic E-state index is 2.47. The highest BCUT2D eigenvalue weighted by molar-refractivity contribution is 6.24. The van der Waals surface area contributed by atoms with E-state index in [0.717, 1.165) is 44.9 Å². The van der Waals surface area contributed by atoms with Crippen molar-refractivity contribution in [2.45, 2.75) is 0 Å². The van der Waals surface area contributed by atoms with E-state index >= 15 is 0 Å². The Hall–Kier alpha value is -8.00. The third kappa shape index (κ3) is 6.73. The molecule has 0 aliphatic rings. The largest absolute Gasteiger partial charge is 0.309 e. The Bertz CT molecular complexity index is 3330. The Labute approximate surface area is 357 Å². The highest BCUT2D eigenvalue weighted by atomic mass is 15.1. The zero-order chi connectivity index (χ0) is 40.5. The molecule has 0 fully saturated rings. The summed E-state index contributed by atoms with van der Waals surface area (Å²) in [4.78, 5) is 2.47. The quantitative estimate of drug-likeness (QED) is 0.139. The van der Waals surface area contributed by atoms with Gasteiger partial charge in [0.05, 0.1) is 11.4 Å². The Morgan fingerprint density at radius 1 is 0.230 bits per heavy atom. The third-order valence-electron chi connectivity index (χ3n) is 12.0. The van der Waals surface area contributed by atoms with Gasteiger partial charge in [0.15, 0.2) is 0 Å². The second-order valence-electron chi connectivity index (χ2n) is 15.7. The standard InChI is InChI=1S/C60H41N/c1-5-17-42(18-6-1)49-27-15-28-52(39-49)61(57-37-35-50(43-19-7-2-8-20-43)40-55(57)44-21-9-3-10-22-44)58-38-36-51(41-56(58)45-23-11-4-12-24-45)54-30-16-26-47-33-34-48-32-31-46-25-13-14-29-53(46)60(48)59(47)54/h1-41H. The van der Waals surface area contributed by atoms with Gasteiger partial charge in [0, 0.05) is 16.8 Å². The lowest BCUT2D eigenvalue weighted by Gasteiger charge is -2.31. The van der Waals surface area contributed by atoms with Crippen molar-refractivity contribution in [2.75, 3.05) is 4.90 Å². The Morgan fingerprint density at radius 2 is 0.672 bits per heavy atom. The molecule has 11 aromatic carbocycles. The molecule has 0 saturated carbocycles. The predicted octanol–water partition coefficient (Wildman–Crippen LogP) is 17.0. The molecule has 1 heteroatoms. The molecule has 61 heavy (non-hydrogen) atoms. The molecule has 0 aliphatic heterocycles. The van der Waals surface area contributed by atoms with Crippen LogP contribution < -0.4 is 4.90 Å². The van der Waals surface area contributed by atoms with Gasteiger partial charge in [-0.1, -0.05) is 212 Å². The molecule has 0 bridgehead atoms. The van der Waals surface area contributed by atoms with Crippen LogP contribution in [0, 0.1) is 0 Å². The van der Waals surface area contributed by atoms with Crippen LogP contribution in [-0.4, -0.2) is 0 Å². The van der Waals surface area contributed by atoms with E-state index in [0.29, 0.717) is 0 Å².